The summed E-state index contributed by atoms with van der Waals surface area (Å²) in [4.78, 5) is 3.87. The average Bonchev–Trinajstić information content (AvgIpc) is 2.57. The van der Waals surface area contributed by atoms with Gasteiger partial charge in [-0.05, 0) is 35.0 Å². The van der Waals surface area contributed by atoms with Gasteiger partial charge in [0, 0.05) is 13.5 Å². The van der Waals surface area contributed by atoms with Crippen molar-refractivity contribution in [3.05, 3.63) is 45.7 Å². The van der Waals surface area contributed by atoms with E-state index in [1.165, 1.54) is 12.1 Å². The number of hydrogen-bond donors (Lipinski definition) is 1. The van der Waals surface area contributed by atoms with Gasteiger partial charge in [-0.3, -0.25) is 9.67 Å². The highest BCUT2D eigenvalue weighted by atomic mass is 79.9. The zero-order valence-electron chi connectivity index (χ0n) is 10.1. The van der Waals surface area contributed by atoms with Gasteiger partial charge in [0.2, 0.25) is 0 Å². The molecular weight excluding hydrogens is 301 g/mol. The van der Waals surface area contributed by atoms with E-state index in [0.29, 0.717) is 12.1 Å². The Balaban J connectivity index is 2.21. The predicted molar refractivity (Wildman–Crippen MR) is 68.5 cm³/mol. The first-order valence-corrected chi connectivity index (χ1v) is 6.26. The third-order valence-corrected chi connectivity index (χ3v) is 3.77. The van der Waals surface area contributed by atoms with E-state index in [1.807, 2.05) is 14.0 Å². The molecule has 0 bridgehead atoms. The van der Waals surface area contributed by atoms with Crippen molar-refractivity contribution < 1.29 is 9.50 Å². The molecule has 96 valence electrons. The summed E-state index contributed by atoms with van der Waals surface area (Å²) in [5.41, 5.74) is 2.19. The van der Waals surface area contributed by atoms with Crippen molar-refractivity contribution in [2.75, 3.05) is 0 Å². The lowest BCUT2D eigenvalue weighted by Gasteiger charge is -2.10. The second-order valence-corrected chi connectivity index (χ2v) is 4.88. The average molecular weight is 314 g/mol. The maximum Gasteiger partial charge on any atom is 0.141 e. The summed E-state index contributed by atoms with van der Waals surface area (Å²) in [5, 5.41) is 14.3. The third kappa shape index (κ3) is 2.59. The fourth-order valence-corrected chi connectivity index (χ4v) is 2.27. The molecule has 0 aliphatic heterocycles. The quantitative estimate of drug-likeness (QED) is 0.946. The number of rotatable bonds is 3. The van der Waals surface area contributed by atoms with Crippen LogP contribution in [0.3, 0.4) is 0 Å². The van der Waals surface area contributed by atoms with Gasteiger partial charge in [0.15, 0.2) is 0 Å². The second-order valence-electron chi connectivity index (χ2n) is 4.09. The number of nitrogens with zero attached hydrogens (tertiary/aromatic N) is 3. The van der Waals surface area contributed by atoms with Gasteiger partial charge in [-0.25, -0.2) is 4.39 Å². The molecule has 2 rings (SSSR count). The standard InChI is InChI=1S/C12H13BrFN3O/c1-7-12(13)10(17(2)16-7)5-11(18)9-4-3-8(14)6-15-9/h3-4,6,11,18H,5H2,1-2H3. The Morgan fingerprint density at radius 2 is 2.22 bits per heavy atom. The van der Waals surface area contributed by atoms with Crippen molar-refractivity contribution in [3.8, 4) is 0 Å². The molecule has 2 aromatic rings. The minimum atomic E-state index is -0.781. The van der Waals surface area contributed by atoms with E-state index < -0.39 is 11.9 Å². The molecule has 1 N–H and O–H groups in total. The van der Waals surface area contributed by atoms with Gasteiger partial charge in [-0.15, -0.1) is 0 Å². The van der Waals surface area contributed by atoms with E-state index in [-0.39, 0.29) is 0 Å². The molecule has 0 aliphatic carbocycles. The first-order valence-electron chi connectivity index (χ1n) is 5.46. The van der Waals surface area contributed by atoms with Crippen molar-refractivity contribution >= 4 is 15.9 Å². The molecule has 1 unspecified atom stereocenters. The maximum absolute atomic E-state index is 12.7. The second kappa shape index (κ2) is 5.16. The van der Waals surface area contributed by atoms with Crippen LogP contribution in [0.25, 0.3) is 0 Å². The fourth-order valence-electron chi connectivity index (χ4n) is 1.77. The molecule has 4 nitrogen and oxygen atoms in total. The Labute approximate surface area is 113 Å². The van der Waals surface area contributed by atoms with E-state index in [4.69, 9.17) is 0 Å². The molecule has 0 fully saturated rings. The van der Waals surface area contributed by atoms with Crippen molar-refractivity contribution in [2.45, 2.75) is 19.4 Å². The number of pyridine rings is 1. The molecule has 2 heterocycles. The summed E-state index contributed by atoms with van der Waals surface area (Å²) in [6.45, 7) is 1.89. The van der Waals surface area contributed by atoms with Gasteiger partial charge < -0.3 is 5.11 Å². The number of halogens is 2. The van der Waals surface area contributed by atoms with Gasteiger partial charge in [-0.1, -0.05) is 0 Å². The third-order valence-electron chi connectivity index (χ3n) is 2.74. The largest absolute Gasteiger partial charge is 0.386 e. The number of aliphatic hydroxyl groups is 1. The highest BCUT2D eigenvalue weighted by Crippen LogP contribution is 2.25. The topological polar surface area (TPSA) is 50.9 Å². The van der Waals surface area contributed by atoms with E-state index in [9.17, 15) is 9.50 Å². The first kappa shape index (κ1) is 13.2. The number of aryl methyl sites for hydroxylation is 2. The Bertz CT molecular complexity index is 553. The van der Waals surface area contributed by atoms with Crippen LogP contribution >= 0.6 is 15.9 Å². The van der Waals surface area contributed by atoms with E-state index in [2.05, 4.69) is 26.0 Å². The van der Waals surface area contributed by atoms with Crippen molar-refractivity contribution in [2.24, 2.45) is 7.05 Å². The summed E-state index contributed by atoms with van der Waals surface area (Å²) in [6, 6.07) is 2.77. The highest BCUT2D eigenvalue weighted by molar-refractivity contribution is 9.10. The Morgan fingerprint density at radius 3 is 2.72 bits per heavy atom. The molecule has 0 amide bonds. The van der Waals surface area contributed by atoms with Crippen LogP contribution in [-0.4, -0.2) is 19.9 Å². The molecule has 0 aromatic carbocycles. The Hall–Kier alpha value is -1.27. The first-order chi connectivity index (χ1) is 8.49. The van der Waals surface area contributed by atoms with Crippen molar-refractivity contribution in [1.29, 1.82) is 0 Å². The van der Waals surface area contributed by atoms with Gasteiger partial charge in [-0.2, -0.15) is 5.10 Å². The lowest BCUT2D eigenvalue weighted by molar-refractivity contribution is 0.170. The van der Waals surface area contributed by atoms with Crippen LogP contribution in [0.4, 0.5) is 4.39 Å². The van der Waals surface area contributed by atoms with Crippen LogP contribution in [0.15, 0.2) is 22.8 Å². The lowest BCUT2D eigenvalue weighted by atomic mass is 10.1. The van der Waals surface area contributed by atoms with Crippen LogP contribution in [0.5, 0.6) is 0 Å². The van der Waals surface area contributed by atoms with Crippen LogP contribution in [0, 0.1) is 12.7 Å². The predicted octanol–water partition coefficient (Wildman–Crippen LogP) is 2.30. The molecule has 18 heavy (non-hydrogen) atoms. The normalized spacial score (nSPS) is 12.7. The summed E-state index contributed by atoms with van der Waals surface area (Å²) < 4.78 is 15.3. The monoisotopic (exact) mass is 313 g/mol. The van der Waals surface area contributed by atoms with Crippen LogP contribution < -0.4 is 0 Å². The Morgan fingerprint density at radius 1 is 1.50 bits per heavy atom. The fraction of sp³-hybridized carbons (Fsp3) is 0.333. The zero-order chi connectivity index (χ0) is 13.3. The minimum Gasteiger partial charge on any atom is -0.386 e. The highest BCUT2D eigenvalue weighted by Gasteiger charge is 2.17. The summed E-state index contributed by atoms with van der Waals surface area (Å²) in [7, 11) is 1.82. The van der Waals surface area contributed by atoms with Crippen LogP contribution in [-0.2, 0) is 13.5 Å². The Kier molecular flexibility index (Phi) is 3.77. The maximum atomic E-state index is 12.7. The number of aromatic nitrogens is 3. The summed E-state index contributed by atoms with van der Waals surface area (Å²) in [6.07, 6.45) is 0.690. The zero-order valence-corrected chi connectivity index (χ0v) is 11.6. The van der Waals surface area contributed by atoms with Crippen LogP contribution in [0.2, 0.25) is 0 Å². The molecule has 6 heteroatoms. The SMILES string of the molecule is Cc1nn(C)c(CC(O)c2ccc(F)cn2)c1Br. The summed E-state index contributed by atoms with van der Waals surface area (Å²) >= 11 is 3.44. The number of aliphatic hydroxyl groups excluding tert-OH is 1. The van der Waals surface area contributed by atoms with E-state index in [0.717, 1.165) is 22.1 Å². The smallest absolute Gasteiger partial charge is 0.141 e. The van der Waals surface area contributed by atoms with Crippen molar-refractivity contribution in [1.82, 2.24) is 14.8 Å². The lowest BCUT2D eigenvalue weighted by Crippen LogP contribution is -2.08. The minimum absolute atomic E-state index is 0.372. The molecule has 0 aliphatic rings. The molecule has 0 saturated heterocycles. The van der Waals surface area contributed by atoms with Gasteiger partial charge in [0.05, 0.1) is 27.8 Å². The molecule has 1 atom stereocenters. The molecular formula is C12H13BrFN3O. The molecule has 2 aromatic heterocycles. The van der Waals surface area contributed by atoms with Gasteiger partial charge in [0.25, 0.3) is 0 Å². The molecule has 0 spiro atoms. The van der Waals surface area contributed by atoms with Gasteiger partial charge in [0.1, 0.15) is 11.9 Å². The van der Waals surface area contributed by atoms with E-state index in [1.54, 1.807) is 4.68 Å². The number of hydrogen-bond acceptors (Lipinski definition) is 3. The van der Waals surface area contributed by atoms with Crippen molar-refractivity contribution in [3.63, 3.8) is 0 Å². The molecule has 0 saturated carbocycles. The molecule has 0 radical (unpaired) electrons. The van der Waals surface area contributed by atoms with Crippen LogP contribution in [0.1, 0.15) is 23.2 Å². The van der Waals surface area contributed by atoms with Gasteiger partial charge >= 0.3 is 0 Å². The summed E-state index contributed by atoms with van der Waals surface area (Å²) in [5.74, 6) is -0.413. The van der Waals surface area contributed by atoms with E-state index >= 15 is 0 Å².